The van der Waals surface area contributed by atoms with Crippen molar-refractivity contribution >= 4 is 0 Å². The van der Waals surface area contributed by atoms with E-state index < -0.39 is 0 Å². The van der Waals surface area contributed by atoms with Crippen LogP contribution in [0.15, 0.2) is 12.7 Å². The van der Waals surface area contributed by atoms with Gasteiger partial charge >= 0.3 is 0 Å². The van der Waals surface area contributed by atoms with Crippen LogP contribution in [-0.2, 0) is 0 Å². The summed E-state index contributed by atoms with van der Waals surface area (Å²) in [7, 11) is 1.95. The molecule has 42 valence electrons. The smallest absolute Gasteiger partial charge is 0.00701 e. The standard InChI is InChI=1S/C6H13N/c1-4-5-6(2)7-3/h4,6-7H,1,5H2,2-3H3. The molecule has 0 rings (SSSR count). The fourth-order valence-corrected chi connectivity index (χ4v) is 0.368. The summed E-state index contributed by atoms with van der Waals surface area (Å²) in [6, 6.07) is 0.581. The minimum Gasteiger partial charge on any atom is -0.317 e. The van der Waals surface area contributed by atoms with Gasteiger partial charge in [-0.05, 0) is 20.4 Å². The van der Waals surface area contributed by atoms with Gasteiger partial charge < -0.3 is 5.32 Å². The van der Waals surface area contributed by atoms with Crippen LogP contribution in [0.25, 0.3) is 0 Å². The Morgan fingerprint density at radius 1 is 1.86 bits per heavy atom. The Hall–Kier alpha value is -0.300. The van der Waals surface area contributed by atoms with Gasteiger partial charge in [-0.15, -0.1) is 6.58 Å². The van der Waals surface area contributed by atoms with Gasteiger partial charge in [-0.25, -0.2) is 0 Å². The zero-order valence-electron chi connectivity index (χ0n) is 5.07. The lowest BCUT2D eigenvalue weighted by Gasteiger charge is -2.03. The fourth-order valence-electron chi connectivity index (χ4n) is 0.368. The SMILES string of the molecule is C=CCC(C)NC. The first-order valence-corrected chi connectivity index (χ1v) is 2.59. The van der Waals surface area contributed by atoms with Crippen molar-refractivity contribution in [3.63, 3.8) is 0 Å². The van der Waals surface area contributed by atoms with Gasteiger partial charge in [-0.3, -0.25) is 0 Å². The monoisotopic (exact) mass is 99.1 g/mol. The summed E-state index contributed by atoms with van der Waals surface area (Å²) in [5.41, 5.74) is 0. The van der Waals surface area contributed by atoms with Crippen LogP contribution in [-0.4, -0.2) is 13.1 Å². The van der Waals surface area contributed by atoms with Crippen molar-refractivity contribution in [1.29, 1.82) is 0 Å². The summed E-state index contributed by atoms with van der Waals surface area (Å²) in [5.74, 6) is 0. The van der Waals surface area contributed by atoms with Crippen molar-refractivity contribution in [2.24, 2.45) is 0 Å². The van der Waals surface area contributed by atoms with E-state index in [1.807, 2.05) is 13.1 Å². The van der Waals surface area contributed by atoms with Gasteiger partial charge in [0.2, 0.25) is 0 Å². The van der Waals surface area contributed by atoms with Crippen molar-refractivity contribution in [3.05, 3.63) is 12.7 Å². The van der Waals surface area contributed by atoms with Crippen molar-refractivity contribution in [2.75, 3.05) is 7.05 Å². The highest BCUT2D eigenvalue weighted by molar-refractivity contribution is 4.72. The van der Waals surface area contributed by atoms with Crippen LogP contribution in [0.2, 0.25) is 0 Å². The van der Waals surface area contributed by atoms with Gasteiger partial charge in [0.1, 0.15) is 0 Å². The Bertz CT molecular complexity index is 50.1. The third-order valence-corrected chi connectivity index (χ3v) is 1.01. The van der Waals surface area contributed by atoms with Gasteiger partial charge in [-0.1, -0.05) is 6.08 Å². The molecule has 0 aromatic rings. The molecule has 0 fully saturated rings. The van der Waals surface area contributed by atoms with E-state index in [2.05, 4.69) is 18.8 Å². The summed E-state index contributed by atoms with van der Waals surface area (Å²) in [6.45, 7) is 5.74. The van der Waals surface area contributed by atoms with Crippen molar-refractivity contribution in [3.8, 4) is 0 Å². The molecule has 1 N–H and O–H groups in total. The zero-order valence-corrected chi connectivity index (χ0v) is 5.07. The number of hydrogen-bond donors (Lipinski definition) is 1. The van der Waals surface area contributed by atoms with E-state index in [-0.39, 0.29) is 0 Å². The molecule has 7 heavy (non-hydrogen) atoms. The van der Waals surface area contributed by atoms with Crippen LogP contribution in [0.4, 0.5) is 0 Å². The molecular weight excluding hydrogens is 86.1 g/mol. The fraction of sp³-hybridized carbons (Fsp3) is 0.667. The minimum atomic E-state index is 0.581. The maximum absolute atomic E-state index is 3.61. The predicted octanol–water partition coefficient (Wildman–Crippen LogP) is 1.17. The molecule has 0 aliphatic heterocycles. The maximum Gasteiger partial charge on any atom is 0.00701 e. The molecule has 1 heteroatoms. The number of rotatable bonds is 3. The summed E-state index contributed by atoms with van der Waals surface area (Å²) in [6.07, 6.45) is 2.97. The zero-order chi connectivity index (χ0) is 5.70. The molecule has 0 amide bonds. The van der Waals surface area contributed by atoms with Gasteiger partial charge in [0, 0.05) is 6.04 Å². The van der Waals surface area contributed by atoms with Crippen LogP contribution < -0.4 is 5.32 Å². The summed E-state index contributed by atoms with van der Waals surface area (Å²) < 4.78 is 0. The Labute approximate surface area is 45.4 Å². The van der Waals surface area contributed by atoms with Gasteiger partial charge in [-0.2, -0.15) is 0 Å². The second-order valence-electron chi connectivity index (χ2n) is 1.71. The molecule has 1 nitrogen and oxygen atoms in total. The molecule has 1 unspecified atom stereocenters. The normalized spacial score (nSPS) is 13.4. The summed E-state index contributed by atoms with van der Waals surface area (Å²) in [5, 5.41) is 3.09. The van der Waals surface area contributed by atoms with Gasteiger partial charge in [0.15, 0.2) is 0 Å². The lowest BCUT2D eigenvalue weighted by Crippen LogP contribution is -2.19. The Balaban J connectivity index is 2.98. The first kappa shape index (κ1) is 6.70. The second kappa shape index (κ2) is 3.88. The van der Waals surface area contributed by atoms with E-state index in [0.717, 1.165) is 6.42 Å². The van der Waals surface area contributed by atoms with E-state index in [1.165, 1.54) is 0 Å². The Morgan fingerprint density at radius 3 is 2.57 bits per heavy atom. The molecule has 0 saturated heterocycles. The molecule has 0 spiro atoms. The summed E-state index contributed by atoms with van der Waals surface area (Å²) in [4.78, 5) is 0. The molecule has 0 aliphatic rings. The second-order valence-corrected chi connectivity index (χ2v) is 1.71. The average molecular weight is 99.2 g/mol. The largest absolute Gasteiger partial charge is 0.317 e. The maximum atomic E-state index is 3.61. The quantitative estimate of drug-likeness (QED) is 0.524. The van der Waals surface area contributed by atoms with Crippen molar-refractivity contribution in [2.45, 2.75) is 19.4 Å². The predicted molar refractivity (Wildman–Crippen MR) is 33.3 cm³/mol. The van der Waals surface area contributed by atoms with E-state index in [1.54, 1.807) is 0 Å². The van der Waals surface area contributed by atoms with Crippen LogP contribution in [0.5, 0.6) is 0 Å². The molecule has 0 aromatic heterocycles. The molecular formula is C6H13N. The summed E-state index contributed by atoms with van der Waals surface area (Å²) >= 11 is 0. The van der Waals surface area contributed by atoms with Gasteiger partial charge in [0.25, 0.3) is 0 Å². The third kappa shape index (κ3) is 3.53. The van der Waals surface area contributed by atoms with Crippen LogP contribution >= 0.6 is 0 Å². The average Bonchev–Trinajstić information content (AvgIpc) is 1.68. The molecule has 0 saturated carbocycles. The van der Waals surface area contributed by atoms with Crippen LogP contribution in [0.1, 0.15) is 13.3 Å². The van der Waals surface area contributed by atoms with E-state index >= 15 is 0 Å². The number of nitrogens with one attached hydrogen (secondary N) is 1. The highest BCUT2D eigenvalue weighted by Gasteiger charge is 1.88. The lowest BCUT2D eigenvalue weighted by atomic mass is 10.2. The number of hydrogen-bond acceptors (Lipinski definition) is 1. The Kier molecular flexibility index (Phi) is 3.71. The molecule has 0 aliphatic carbocycles. The van der Waals surface area contributed by atoms with Crippen molar-refractivity contribution in [1.82, 2.24) is 5.32 Å². The molecule has 0 radical (unpaired) electrons. The van der Waals surface area contributed by atoms with E-state index in [9.17, 15) is 0 Å². The minimum absolute atomic E-state index is 0.581. The van der Waals surface area contributed by atoms with Gasteiger partial charge in [0.05, 0.1) is 0 Å². The molecule has 0 heterocycles. The third-order valence-electron chi connectivity index (χ3n) is 1.01. The van der Waals surface area contributed by atoms with E-state index in [0.29, 0.717) is 6.04 Å². The molecule has 0 bridgehead atoms. The molecule has 1 atom stereocenters. The molecule has 0 aromatic carbocycles. The highest BCUT2D eigenvalue weighted by atomic mass is 14.8. The lowest BCUT2D eigenvalue weighted by molar-refractivity contribution is 0.620. The topological polar surface area (TPSA) is 12.0 Å². The Morgan fingerprint density at radius 2 is 2.43 bits per heavy atom. The van der Waals surface area contributed by atoms with Crippen LogP contribution in [0, 0.1) is 0 Å². The highest BCUT2D eigenvalue weighted by Crippen LogP contribution is 1.86. The van der Waals surface area contributed by atoms with E-state index in [4.69, 9.17) is 0 Å². The first-order valence-electron chi connectivity index (χ1n) is 2.59. The first-order chi connectivity index (χ1) is 3.31. The van der Waals surface area contributed by atoms with Crippen LogP contribution in [0.3, 0.4) is 0 Å². The van der Waals surface area contributed by atoms with Crippen molar-refractivity contribution < 1.29 is 0 Å².